The monoisotopic (exact) mass is 571 g/mol. The number of alkyl halides is 5. The molecule has 0 bridgehead atoms. The molecular weight excluding hydrogens is 537 g/mol. The van der Waals surface area contributed by atoms with Crippen molar-refractivity contribution in [2.24, 2.45) is 17.3 Å². The Morgan fingerprint density at radius 1 is 0.951 bits per heavy atom. The molecule has 3 nitrogen and oxygen atoms in total. The Morgan fingerprint density at radius 3 is 2.34 bits per heavy atom. The van der Waals surface area contributed by atoms with Crippen molar-refractivity contribution in [3.8, 4) is 0 Å². The molecule has 218 valence electrons. The Hall–Kier alpha value is -3.00. The Morgan fingerprint density at radius 2 is 1.66 bits per heavy atom. The minimum atomic E-state index is -5.85. The molecule has 0 spiro atoms. The van der Waals surface area contributed by atoms with Gasteiger partial charge in [0.25, 0.3) is 0 Å². The summed E-state index contributed by atoms with van der Waals surface area (Å²) in [6.07, 6.45) is -2.59. The van der Waals surface area contributed by atoms with Crippen LogP contribution in [-0.4, -0.2) is 28.6 Å². The number of benzene rings is 2. The van der Waals surface area contributed by atoms with Crippen LogP contribution in [0.5, 0.6) is 0 Å². The highest BCUT2D eigenvalue weighted by Crippen LogP contribution is 2.70. The quantitative estimate of drug-likeness (QED) is 0.357. The molecular formula is C33H34F5NO2. The summed E-state index contributed by atoms with van der Waals surface area (Å²) in [5.74, 6) is -6.33. The van der Waals surface area contributed by atoms with Gasteiger partial charge in [-0.05, 0) is 90.8 Å². The Kier molecular flexibility index (Phi) is 6.72. The van der Waals surface area contributed by atoms with Crippen molar-refractivity contribution in [1.29, 1.82) is 0 Å². The van der Waals surface area contributed by atoms with Gasteiger partial charge in [0, 0.05) is 30.0 Å². The van der Waals surface area contributed by atoms with E-state index in [1.54, 1.807) is 6.08 Å². The third-order valence-corrected chi connectivity index (χ3v) is 10.4. The van der Waals surface area contributed by atoms with Gasteiger partial charge in [0.1, 0.15) is 5.60 Å². The Balaban J connectivity index is 1.41. The summed E-state index contributed by atoms with van der Waals surface area (Å²) in [5, 5.41) is 14.8. The molecule has 0 radical (unpaired) electrons. The van der Waals surface area contributed by atoms with E-state index < -0.39 is 41.4 Å². The molecule has 0 heterocycles. The van der Waals surface area contributed by atoms with Gasteiger partial charge in [-0.25, -0.2) is 0 Å². The van der Waals surface area contributed by atoms with E-state index in [1.165, 1.54) is 6.92 Å². The third-order valence-electron chi connectivity index (χ3n) is 10.4. The van der Waals surface area contributed by atoms with Crippen LogP contribution >= 0.6 is 0 Å². The van der Waals surface area contributed by atoms with Gasteiger partial charge in [0.15, 0.2) is 5.78 Å². The molecule has 2 aromatic carbocycles. The first-order valence-electron chi connectivity index (χ1n) is 14.4. The number of ketones is 1. The van der Waals surface area contributed by atoms with Crippen molar-refractivity contribution in [3.63, 3.8) is 0 Å². The second-order valence-corrected chi connectivity index (χ2v) is 12.4. The molecule has 4 aliphatic rings. The summed E-state index contributed by atoms with van der Waals surface area (Å²) in [7, 11) is 0. The zero-order valence-corrected chi connectivity index (χ0v) is 22.9. The van der Waals surface area contributed by atoms with Gasteiger partial charge >= 0.3 is 12.1 Å². The number of halogens is 5. The van der Waals surface area contributed by atoms with E-state index in [1.807, 2.05) is 54.6 Å². The van der Waals surface area contributed by atoms with Crippen LogP contribution in [-0.2, 0) is 11.3 Å². The molecule has 0 saturated heterocycles. The van der Waals surface area contributed by atoms with Gasteiger partial charge in [-0.3, -0.25) is 4.79 Å². The molecule has 2 N–H and O–H groups in total. The number of carbonyl (C=O) groups excluding carboxylic acids is 1. The van der Waals surface area contributed by atoms with Crippen LogP contribution in [0.25, 0.3) is 0 Å². The van der Waals surface area contributed by atoms with Crippen molar-refractivity contribution in [2.45, 2.75) is 82.0 Å². The number of aliphatic hydroxyl groups is 1. The van der Waals surface area contributed by atoms with Crippen LogP contribution in [0.1, 0.15) is 68.9 Å². The number of rotatable bonds is 5. The molecule has 6 rings (SSSR count). The fourth-order valence-corrected chi connectivity index (χ4v) is 8.34. The minimum absolute atomic E-state index is 0.0159. The molecule has 2 saturated carbocycles. The van der Waals surface area contributed by atoms with Crippen LogP contribution in [0.2, 0.25) is 0 Å². The average molecular weight is 572 g/mol. The zero-order valence-electron chi connectivity index (χ0n) is 22.9. The van der Waals surface area contributed by atoms with Gasteiger partial charge in [0.2, 0.25) is 0 Å². The van der Waals surface area contributed by atoms with Crippen molar-refractivity contribution in [2.75, 3.05) is 5.32 Å². The molecule has 2 aromatic rings. The van der Waals surface area contributed by atoms with Gasteiger partial charge in [-0.1, -0.05) is 55.0 Å². The van der Waals surface area contributed by atoms with Gasteiger partial charge in [-0.15, -0.1) is 0 Å². The van der Waals surface area contributed by atoms with Crippen molar-refractivity contribution in [1.82, 2.24) is 0 Å². The molecule has 4 aliphatic carbocycles. The van der Waals surface area contributed by atoms with Crippen LogP contribution in [0, 0.1) is 17.3 Å². The lowest BCUT2D eigenvalue weighted by atomic mass is 9.50. The summed E-state index contributed by atoms with van der Waals surface area (Å²) >= 11 is 0. The molecule has 0 aliphatic heterocycles. The number of carbonyl (C=O) groups is 1. The van der Waals surface area contributed by atoms with Crippen molar-refractivity contribution >= 4 is 11.5 Å². The topological polar surface area (TPSA) is 49.3 Å². The number of para-hydroxylation sites is 1. The number of allylic oxidation sites excluding steroid dienone is 4. The normalized spacial score (nSPS) is 31.7. The van der Waals surface area contributed by atoms with Gasteiger partial charge in [0.05, 0.1) is 0 Å². The second kappa shape index (κ2) is 9.79. The second-order valence-electron chi connectivity index (χ2n) is 12.4. The summed E-state index contributed by atoms with van der Waals surface area (Å²) in [5.41, 5.74) is 1.08. The largest absolute Gasteiger partial charge is 0.456 e. The molecule has 41 heavy (non-hydrogen) atoms. The Bertz CT molecular complexity index is 1400. The van der Waals surface area contributed by atoms with Crippen molar-refractivity contribution in [3.05, 3.63) is 88.5 Å². The lowest BCUT2D eigenvalue weighted by Gasteiger charge is -2.56. The highest BCUT2D eigenvalue weighted by atomic mass is 19.4. The van der Waals surface area contributed by atoms with Crippen LogP contribution in [0.15, 0.2) is 77.4 Å². The fourth-order valence-electron chi connectivity index (χ4n) is 8.34. The van der Waals surface area contributed by atoms with E-state index in [9.17, 15) is 23.1 Å². The van der Waals surface area contributed by atoms with E-state index in [0.717, 1.165) is 33.5 Å². The predicted octanol–water partition coefficient (Wildman–Crippen LogP) is 8.13. The summed E-state index contributed by atoms with van der Waals surface area (Å²) in [6, 6.07) is 17.5. The number of nitrogens with one attached hydrogen (secondary N) is 1. The van der Waals surface area contributed by atoms with E-state index >= 15 is 8.78 Å². The van der Waals surface area contributed by atoms with E-state index in [-0.39, 0.29) is 24.5 Å². The number of hydrogen-bond acceptors (Lipinski definition) is 3. The number of hydrogen-bond donors (Lipinski definition) is 2. The van der Waals surface area contributed by atoms with Crippen LogP contribution in [0.3, 0.4) is 0 Å². The molecule has 0 amide bonds. The third kappa shape index (κ3) is 4.36. The maximum absolute atomic E-state index is 15.1. The van der Waals surface area contributed by atoms with Crippen LogP contribution < -0.4 is 5.32 Å². The average Bonchev–Trinajstić information content (AvgIpc) is 3.23. The maximum Gasteiger partial charge on any atom is 0.456 e. The number of anilines is 1. The smallest absolute Gasteiger partial charge is 0.383 e. The first-order valence-corrected chi connectivity index (χ1v) is 14.4. The minimum Gasteiger partial charge on any atom is -0.383 e. The first kappa shape index (κ1) is 28.1. The lowest BCUT2D eigenvalue weighted by molar-refractivity contribution is -0.362. The Labute approximate surface area is 236 Å². The zero-order chi connectivity index (χ0) is 29.2. The van der Waals surface area contributed by atoms with Gasteiger partial charge < -0.3 is 10.4 Å². The molecule has 0 aromatic heterocycles. The predicted molar refractivity (Wildman–Crippen MR) is 146 cm³/mol. The fraction of sp³-hybridized carbons (Fsp3) is 0.485. The van der Waals surface area contributed by atoms with Crippen molar-refractivity contribution < 1.29 is 31.9 Å². The van der Waals surface area contributed by atoms with E-state index in [4.69, 9.17) is 0 Å². The summed E-state index contributed by atoms with van der Waals surface area (Å²) in [4.78, 5) is 12.2. The standard InChI is InChI=1S/C33H34F5NO2/c1-30-18-27(21-9-7-20(8-10-21)19-39-23-5-3-2-4-6-23)29-25-14-12-24(40)17-22(25)11-13-26(29)28(30)15-16-31(30,41)32(34,35)33(36,37)38/h2-10,17,26-28,39,41H,11-16,18-19H2,1H3/t26?,27-,28?,30+,31+/m1/s1. The number of fused-ring (bicyclic) bond motifs is 4. The van der Waals surface area contributed by atoms with Gasteiger partial charge in [-0.2, -0.15) is 22.0 Å². The van der Waals surface area contributed by atoms with E-state index in [0.29, 0.717) is 32.2 Å². The first-order chi connectivity index (χ1) is 19.4. The SMILES string of the molecule is C[C@]12C[C@H](c3ccc(CNc4ccccc4)cc3)C3=C4CCC(=O)C=C4CCC3C1CC[C@@]2(O)C(F)(F)C(F)(F)F. The van der Waals surface area contributed by atoms with E-state index in [2.05, 4.69) is 5.32 Å². The molecule has 2 fully saturated rings. The molecule has 2 unspecified atom stereocenters. The highest BCUT2D eigenvalue weighted by molar-refractivity contribution is 5.93. The van der Waals surface area contributed by atoms with Crippen LogP contribution in [0.4, 0.5) is 27.6 Å². The highest BCUT2D eigenvalue weighted by Gasteiger charge is 2.79. The maximum atomic E-state index is 15.1. The lowest BCUT2D eigenvalue weighted by Crippen LogP contribution is -2.65. The summed E-state index contributed by atoms with van der Waals surface area (Å²) < 4.78 is 71.5. The molecule has 8 heteroatoms. The summed E-state index contributed by atoms with van der Waals surface area (Å²) in [6.45, 7) is 2.02. The molecule has 5 atom stereocenters.